The highest BCUT2D eigenvalue weighted by Crippen LogP contribution is 2.41. The Kier molecular flexibility index (Phi) is 20.6. The molecule has 1 aromatic heterocycles. The summed E-state index contributed by atoms with van der Waals surface area (Å²) in [4.78, 5) is 104. The lowest BCUT2D eigenvalue weighted by Gasteiger charge is -2.37. The molecule has 0 fully saturated rings. The van der Waals surface area contributed by atoms with Crippen molar-refractivity contribution in [2.45, 2.75) is 134 Å². The Labute approximate surface area is 497 Å². The van der Waals surface area contributed by atoms with E-state index in [1.165, 1.54) is 13.8 Å². The first kappa shape index (κ1) is 63.5. The summed E-state index contributed by atoms with van der Waals surface area (Å²) >= 11 is 0. The molecule has 0 bridgehead atoms. The number of hydrogen-bond acceptors (Lipinski definition) is 11. The van der Waals surface area contributed by atoms with Crippen LogP contribution in [0.4, 0.5) is 0 Å². The second-order valence-corrected chi connectivity index (χ2v) is 23.5. The van der Waals surface area contributed by atoms with E-state index in [-0.39, 0.29) is 19.3 Å². The minimum atomic E-state index is -1.86. The molecular weight excluding hydrogens is 1070 g/mol. The maximum atomic E-state index is 14.7. The minimum absolute atomic E-state index is 0.282. The lowest BCUT2D eigenvalue weighted by atomic mass is 9.77. The third-order valence-electron chi connectivity index (χ3n) is 14.3. The van der Waals surface area contributed by atoms with Crippen LogP contribution in [0.5, 0.6) is 0 Å². The lowest BCUT2D eigenvalue weighted by Crippen LogP contribution is -2.62. The molecule has 0 aliphatic carbocycles. The van der Waals surface area contributed by atoms with E-state index in [1.807, 2.05) is 207 Å². The highest BCUT2D eigenvalue weighted by Gasteiger charge is 2.42. The van der Waals surface area contributed by atoms with Crippen molar-refractivity contribution in [1.82, 2.24) is 36.1 Å². The number of nitrogens with zero attached hydrogens (tertiary/aromatic N) is 2. The van der Waals surface area contributed by atoms with E-state index in [9.17, 15) is 33.6 Å². The average molecular weight is 1150 g/mol. The fourth-order valence-electron chi connectivity index (χ4n) is 10.3. The van der Waals surface area contributed by atoms with Crippen molar-refractivity contribution in [2.75, 3.05) is 6.54 Å². The SMILES string of the molecule is C[C@@H](OC(C)(C)C)[C@H](N)C(=O)NCC(=O)N[C@@H](CCC(=O)NC(c1ccccc1)(c1ccccc1)c1ccccc1)C(=O)NC(C)(C)C(=O)N[C@@H](Cc1cn(C(c2ccccc2)(c2ccccc2)c2ccccc2)cn1)C(=O)C(=O)OC(C)(C)C. The van der Waals surface area contributed by atoms with E-state index >= 15 is 0 Å². The zero-order valence-electron chi connectivity index (χ0n) is 49.8. The van der Waals surface area contributed by atoms with Crippen molar-refractivity contribution in [3.63, 3.8) is 0 Å². The zero-order valence-corrected chi connectivity index (χ0v) is 49.8. The number of rotatable bonds is 25. The monoisotopic (exact) mass is 1150 g/mol. The molecule has 444 valence electrons. The summed E-state index contributed by atoms with van der Waals surface area (Å²) in [5, 5.41) is 13.9. The number of nitrogens with two attached hydrogens (primary N) is 1. The van der Waals surface area contributed by atoms with Crippen molar-refractivity contribution in [3.8, 4) is 0 Å². The molecule has 0 saturated carbocycles. The molecule has 0 saturated heterocycles. The first-order valence-corrected chi connectivity index (χ1v) is 28.4. The Bertz CT molecular complexity index is 3190. The second-order valence-electron chi connectivity index (χ2n) is 23.5. The van der Waals surface area contributed by atoms with Gasteiger partial charge in [0.05, 0.1) is 30.3 Å². The third kappa shape index (κ3) is 16.0. The standard InChI is InChI=1S/C68H78N8O9/c1-46(84-64(2,3)4)58(69)61(81)70-43-57(78)72-54(40-41-56(77)74-67(47-28-16-10-17-29-47,48-30-18-11-19-31-48)49-32-20-12-21-33-49)60(80)75-66(8,9)63(83)73-55(59(79)62(82)85-65(5,6)7)42-53-44-76(45-71-53)68(50-34-22-13-23-35-50,51-36-24-14-25-37-51)52-38-26-15-27-39-52/h10-39,44-46,54-55,58H,40-43,69H2,1-9H3,(H,70,81)(H,72,78)(H,73,83)(H,74,77)(H,75,80)/t46-,54+,55+,58+/m1/s1. The summed E-state index contributed by atoms with van der Waals surface area (Å²) in [7, 11) is 0. The number of nitrogens with one attached hydrogen (secondary N) is 5. The maximum Gasteiger partial charge on any atom is 0.377 e. The summed E-state index contributed by atoms with van der Waals surface area (Å²) in [6, 6.07) is 53.7. The zero-order chi connectivity index (χ0) is 61.6. The fraction of sp³-hybridized carbons (Fsp3) is 0.324. The molecule has 5 amide bonds. The summed E-state index contributed by atoms with van der Waals surface area (Å²) in [6.45, 7) is 14.1. The molecule has 6 aromatic carbocycles. The summed E-state index contributed by atoms with van der Waals surface area (Å²) in [6.07, 6.45) is 1.79. The third-order valence-corrected chi connectivity index (χ3v) is 14.3. The molecule has 4 atom stereocenters. The maximum absolute atomic E-state index is 14.7. The summed E-state index contributed by atoms with van der Waals surface area (Å²) in [5.74, 6) is -6.03. The van der Waals surface area contributed by atoms with Gasteiger partial charge in [0.15, 0.2) is 0 Å². The number of ketones is 1. The Hall–Kier alpha value is -9.06. The van der Waals surface area contributed by atoms with Crippen molar-refractivity contribution >= 4 is 41.3 Å². The van der Waals surface area contributed by atoms with E-state index in [0.717, 1.165) is 33.4 Å². The molecule has 0 unspecified atom stereocenters. The van der Waals surface area contributed by atoms with Crippen molar-refractivity contribution in [1.29, 1.82) is 0 Å². The number of carbonyl (C=O) groups excluding carboxylic acids is 7. The van der Waals surface area contributed by atoms with Crippen LogP contribution in [0.3, 0.4) is 0 Å². The van der Waals surface area contributed by atoms with Crippen LogP contribution < -0.4 is 32.3 Å². The van der Waals surface area contributed by atoms with E-state index < -0.39 is 99.9 Å². The van der Waals surface area contributed by atoms with Gasteiger partial charge in [0.2, 0.25) is 29.5 Å². The van der Waals surface area contributed by atoms with Crippen LogP contribution in [0.1, 0.15) is 114 Å². The van der Waals surface area contributed by atoms with Crippen molar-refractivity contribution in [3.05, 3.63) is 234 Å². The number of amides is 5. The smallest absolute Gasteiger partial charge is 0.377 e. The molecule has 0 radical (unpaired) electrons. The van der Waals surface area contributed by atoms with Gasteiger partial charge in [0, 0.05) is 19.0 Å². The van der Waals surface area contributed by atoms with Crippen LogP contribution in [0, 0.1) is 0 Å². The van der Waals surface area contributed by atoms with Gasteiger partial charge in [-0.05, 0) is 102 Å². The predicted octanol–water partition coefficient (Wildman–Crippen LogP) is 7.58. The largest absolute Gasteiger partial charge is 0.454 e. The number of Topliss-reactive ketones (excluding diaryl/α,β-unsaturated/α-hetero) is 1. The quantitative estimate of drug-likeness (QED) is 0.0185. The van der Waals surface area contributed by atoms with Gasteiger partial charge in [-0.3, -0.25) is 28.8 Å². The van der Waals surface area contributed by atoms with E-state index in [4.69, 9.17) is 20.2 Å². The number of carbonyl (C=O) groups is 7. The van der Waals surface area contributed by atoms with E-state index in [0.29, 0.717) is 5.69 Å². The molecular formula is C68H78N8O9. The Morgan fingerprint density at radius 1 is 0.541 bits per heavy atom. The van der Waals surface area contributed by atoms with Crippen LogP contribution in [-0.2, 0) is 60.5 Å². The Morgan fingerprint density at radius 3 is 1.40 bits per heavy atom. The highest BCUT2D eigenvalue weighted by molar-refractivity contribution is 6.36. The summed E-state index contributed by atoms with van der Waals surface area (Å²) < 4.78 is 13.3. The summed E-state index contributed by atoms with van der Waals surface area (Å²) in [5.41, 5.74) is 5.79. The van der Waals surface area contributed by atoms with Gasteiger partial charge >= 0.3 is 5.97 Å². The molecule has 17 heteroatoms. The normalized spacial score (nSPS) is 13.4. The number of hydrogen-bond donors (Lipinski definition) is 6. The van der Waals surface area contributed by atoms with E-state index in [2.05, 4.69) is 26.6 Å². The van der Waals surface area contributed by atoms with Crippen molar-refractivity contribution < 1.29 is 43.0 Å². The molecule has 0 aliphatic heterocycles. The fourth-order valence-corrected chi connectivity index (χ4v) is 10.3. The topological polar surface area (TPSA) is 242 Å². The van der Waals surface area contributed by atoms with Crippen LogP contribution in [0.25, 0.3) is 0 Å². The number of esters is 1. The van der Waals surface area contributed by atoms with Gasteiger partial charge in [-0.15, -0.1) is 0 Å². The first-order chi connectivity index (χ1) is 40.3. The minimum Gasteiger partial charge on any atom is -0.454 e. The van der Waals surface area contributed by atoms with Crippen molar-refractivity contribution in [2.24, 2.45) is 5.73 Å². The number of ether oxygens (including phenoxy) is 2. The van der Waals surface area contributed by atoms with E-state index in [1.54, 1.807) is 40.2 Å². The van der Waals surface area contributed by atoms with Crippen LogP contribution in [-0.4, -0.2) is 98.4 Å². The second kappa shape index (κ2) is 27.6. The van der Waals surface area contributed by atoms with Gasteiger partial charge in [0.25, 0.3) is 5.78 Å². The molecule has 7 rings (SSSR count). The van der Waals surface area contributed by atoms with Gasteiger partial charge in [0.1, 0.15) is 40.3 Å². The Morgan fingerprint density at radius 2 is 0.976 bits per heavy atom. The number of imidazole rings is 1. The number of benzene rings is 6. The molecule has 1 heterocycles. The van der Waals surface area contributed by atoms with Gasteiger partial charge in [-0.2, -0.15) is 0 Å². The molecule has 0 aliphatic rings. The molecule has 7 N–H and O–H groups in total. The van der Waals surface area contributed by atoms with Gasteiger partial charge in [-0.1, -0.05) is 182 Å². The molecule has 17 nitrogen and oxygen atoms in total. The number of aromatic nitrogens is 2. The Balaban J connectivity index is 1.17. The van der Waals surface area contributed by atoms with Crippen LogP contribution in [0.2, 0.25) is 0 Å². The van der Waals surface area contributed by atoms with Crippen LogP contribution in [0.15, 0.2) is 195 Å². The van der Waals surface area contributed by atoms with Gasteiger partial charge < -0.3 is 46.4 Å². The molecule has 7 aromatic rings. The predicted molar refractivity (Wildman–Crippen MR) is 325 cm³/mol. The van der Waals surface area contributed by atoms with Gasteiger partial charge in [-0.25, -0.2) is 9.78 Å². The molecule has 0 spiro atoms. The molecule has 85 heavy (non-hydrogen) atoms. The lowest BCUT2D eigenvalue weighted by molar-refractivity contribution is -0.163. The first-order valence-electron chi connectivity index (χ1n) is 28.4. The average Bonchev–Trinajstić information content (AvgIpc) is 2.48. The highest BCUT2D eigenvalue weighted by atomic mass is 16.6. The van der Waals surface area contributed by atoms with Crippen LogP contribution >= 0.6 is 0 Å².